The third-order valence-electron chi connectivity index (χ3n) is 4.87. The first kappa shape index (κ1) is 12.7. The normalized spacial score (nSPS) is 23.8. The molecule has 2 aliphatic carbocycles. The molecule has 1 aromatic heterocycles. The molecule has 1 aromatic rings. The second kappa shape index (κ2) is 5.36. The Labute approximate surface area is 118 Å². The fourth-order valence-electron chi connectivity index (χ4n) is 3.44. The molecule has 0 amide bonds. The average molecular weight is 311 g/mol. The minimum Gasteiger partial charge on any atom is -0.269 e. The lowest BCUT2D eigenvalue weighted by Gasteiger charge is -2.40. The van der Waals surface area contributed by atoms with Crippen molar-refractivity contribution in [2.24, 2.45) is 5.41 Å². The van der Waals surface area contributed by atoms with Crippen molar-refractivity contribution in [3.63, 3.8) is 0 Å². The summed E-state index contributed by atoms with van der Waals surface area (Å²) in [5, 5.41) is 5.98. The molecule has 3 heteroatoms. The summed E-state index contributed by atoms with van der Waals surface area (Å²) in [7, 11) is 0. The van der Waals surface area contributed by atoms with E-state index in [-0.39, 0.29) is 0 Å². The molecule has 0 aromatic carbocycles. The summed E-state index contributed by atoms with van der Waals surface area (Å²) in [5.41, 5.74) is 1.82. The van der Waals surface area contributed by atoms with Gasteiger partial charge in [-0.05, 0) is 43.6 Å². The van der Waals surface area contributed by atoms with Crippen LogP contribution in [0.4, 0.5) is 0 Å². The zero-order valence-corrected chi connectivity index (χ0v) is 12.7. The molecule has 0 atom stereocenters. The van der Waals surface area contributed by atoms with E-state index in [0.29, 0.717) is 11.5 Å². The second-order valence-electron chi connectivity index (χ2n) is 6.24. The van der Waals surface area contributed by atoms with Crippen molar-refractivity contribution >= 4 is 15.9 Å². The molecule has 2 aliphatic rings. The van der Waals surface area contributed by atoms with Crippen LogP contribution in [0, 0.1) is 5.41 Å². The highest BCUT2D eigenvalue weighted by Crippen LogP contribution is 2.44. The maximum atomic E-state index is 4.84. The average Bonchev–Trinajstić information content (AvgIpc) is 2.83. The summed E-state index contributed by atoms with van der Waals surface area (Å²) in [6.45, 7) is 0. The predicted octanol–water partition coefficient (Wildman–Crippen LogP) is 4.50. The van der Waals surface area contributed by atoms with E-state index in [0.717, 1.165) is 11.8 Å². The van der Waals surface area contributed by atoms with Crippen LogP contribution in [0.25, 0.3) is 0 Å². The van der Waals surface area contributed by atoms with Gasteiger partial charge in [-0.3, -0.25) is 4.68 Å². The van der Waals surface area contributed by atoms with Gasteiger partial charge in [0.25, 0.3) is 0 Å². The van der Waals surface area contributed by atoms with Gasteiger partial charge < -0.3 is 0 Å². The molecule has 0 N–H and O–H groups in total. The number of aromatic nitrogens is 2. The molecule has 2 fully saturated rings. The molecule has 0 radical (unpaired) electrons. The zero-order chi connectivity index (χ0) is 12.4. The van der Waals surface area contributed by atoms with E-state index in [2.05, 4.69) is 32.9 Å². The van der Waals surface area contributed by atoms with E-state index < -0.39 is 0 Å². The van der Waals surface area contributed by atoms with Crippen LogP contribution in [-0.2, 0) is 6.42 Å². The maximum Gasteiger partial charge on any atom is 0.0630 e. The van der Waals surface area contributed by atoms with Gasteiger partial charge in [0, 0.05) is 11.5 Å². The van der Waals surface area contributed by atoms with Crippen LogP contribution in [0.15, 0.2) is 12.3 Å². The molecular weight excluding hydrogens is 288 g/mol. The van der Waals surface area contributed by atoms with E-state index in [9.17, 15) is 0 Å². The highest BCUT2D eigenvalue weighted by Gasteiger charge is 2.36. The molecule has 3 rings (SSSR count). The first-order valence-corrected chi connectivity index (χ1v) is 8.54. The number of hydrogen-bond donors (Lipinski definition) is 0. The van der Waals surface area contributed by atoms with Gasteiger partial charge in [-0.2, -0.15) is 5.10 Å². The van der Waals surface area contributed by atoms with Crippen molar-refractivity contribution in [1.29, 1.82) is 0 Å². The Morgan fingerprint density at radius 2 is 2.00 bits per heavy atom. The Balaban J connectivity index is 1.65. The molecule has 0 bridgehead atoms. The van der Waals surface area contributed by atoms with Crippen LogP contribution in [0.2, 0.25) is 0 Å². The number of alkyl halides is 1. The molecule has 0 aliphatic heterocycles. The smallest absolute Gasteiger partial charge is 0.0630 e. The monoisotopic (exact) mass is 310 g/mol. The van der Waals surface area contributed by atoms with Crippen molar-refractivity contribution in [2.75, 3.05) is 5.33 Å². The van der Waals surface area contributed by atoms with E-state index in [1.165, 1.54) is 57.1 Å². The largest absolute Gasteiger partial charge is 0.269 e. The highest BCUT2D eigenvalue weighted by atomic mass is 79.9. The SMILES string of the molecule is BrCC1(Cc2ccn(C3CCCCC3)n2)CCC1. The molecule has 0 unspecified atom stereocenters. The zero-order valence-electron chi connectivity index (χ0n) is 11.1. The van der Waals surface area contributed by atoms with Crippen LogP contribution in [0.1, 0.15) is 63.1 Å². The summed E-state index contributed by atoms with van der Waals surface area (Å²) in [6, 6.07) is 2.92. The molecule has 0 saturated heterocycles. The summed E-state index contributed by atoms with van der Waals surface area (Å²) in [4.78, 5) is 0. The van der Waals surface area contributed by atoms with Gasteiger partial charge >= 0.3 is 0 Å². The van der Waals surface area contributed by atoms with Crippen LogP contribution in [-0.4, -0.2) is 15.1 Å². The van der Waals surface area contributed by atoms with Gasteiger partial charge in [-0.15, -0.1) is 0 Å². The van der Waals surface area contributed by atoms with Crippen LogP contribution < -0.4 is 0 Å². The van der Waals surface area contributed by atoms with E-state index >= 15 is 0 Å². The van der Waals surface area contributed by atoms with E-state index in [1.54, 1.807) is 0 Å². The third kappa shape index (κ3) is 2.52. The number of hydrogen-bond acceptors (Lipinski definition) is 1. The van der Waals surface area contributed by atoms with Crippen molar-refractivity contribution in [1.82, 2.24) is 9.78 Å². The first-order valence-electron chi connectivity index (χ1n) is 7.41. The Hall–Kier alpha value is -0.310. The Morgan fingerprint density at radius 3 is 2.61 bits per heavy atom. The van der Waals surface area contributed by atoms with E-state index in [4.69, 9.17) is 5.10 Å². The Morgan fingerprint density at radius 1 is 1.22 bits per heavy atom. The fraction of sp³-hybridized carbons (Fsp3) is 0.800. The number of halogens is 1. The molecule has 2 saturated carbocycles. The lowest BCUT2D eigenvalue weighted by Crippen LogP contribution is -2.33. The Bertz CT molecular complexity index is 383. The van der Waals surface area contributed by atoms with Gasteiger partial charge in [0.2, 0.25) is 0 Å². The number of rotatable bonds is 4. The second-order valence-corrected chi connectivity index (χ2v) is 6.80. The van der Waals surface area contributed by atoms with Crippen molar-refractivity contribution in [2.45, 2.75) is 63.8 Å². The first-order chi connectivity index (χ1) is 8.81. The summed E-state index contributed by atoms with van der Waals surface area (Å²) in [6.07, 6.45) is 14.3. The van der Waals surface area contributed by atoms with Gasteiger partial charge in [0.05, 0.1) is 11.7 Å². The van der Waals surface area contributed by atoms with Crippen molar-refractivity contribution < 1.29 is 0 Å². The van der Waals surface area contributed by atoms with Crippen LogP contribution in [0.3, 0.4) is 0 Å². The lowest BCUT2D eigenvalue weighted by atomic mass is 9.68. The third-order valence-corrected chi connectivity index (χ3v) is 6.06. The van der Waals surface area contributed by atoms with Crippen LogP contribution >= 0.6 is 15.9 Å². The lowest BCUT2D eigenvalue weighted by molar-refractivity contribution is 0.167. The number of nitrogens with zero attached hydrogens (tertiary/aromatic N) is 2. The van der Waals surface area contributed by atoms with Crippen molar-refractivity contribution in [3.05, 3.63) is 18.0 Å². The molecule has 2 nitrogen and oxygen atoms in total. The summed E-state index contributed by atoms with van der Waals surface area (Å²) < 4.78 is 2.25. The van der Waals surface area contributed by atoms with Crippen LogP contribution in [0.5, 0.6) is 0 Å². The molecule has 100 valence electrons. The minimum absolute atomic E-state index is 0.520. The Kier molecular flexibility index (Phi) is 3.78. The minimum atomic E-state index is 0.520. The van der Waals surface area contributed by atoms with Gasteiger partial charge in [-0.25, -0.2) is 0 Å². The standard InChI is InChI=1S/C15H23BrN2/c16-12-15(8-4-9-15)11-13-7-10-18(17-13)14-5-2-1-3-6-14/h7,10,14H,1-6,8-9,11-12H2. The van der Waals surface area contributed by atoms with Crippen molar-refractivity contribution in [3.8, 4) is 0 Å². The van der Waals surface area contributed by atoms with E-state index in [1.807, 2.05) is 0 Å². The highest BCUT2D eigenvalue weighted by molar-refractivity contribution is 9.09. The molecular formula is C15H23BrN2. The quantitative estimate of drug-likeness (QED) is 0.749. The molecule has 18 heavy (non-hydrogen) atoms. The fourth-order valence-corrected chi connectivity index (χ4v) is 4.20. The predicted molar refractivity (Wildman–Crippen MR) is 78.1 cm³/mol. The molecule has 0 spiro atoms. The van der Waals surface area contributed by atoms with Gasteiger partial charge in [0.1, 0.15) is 0 Å². The maximum absolute atomic E-state index is 4.84. The topological polar surface area (TPSA) is 17.8 Å². The summed E-state index contributed by atoms with van der Waals surface area (Å²) in [5.74, 6) is 0. The molecule has 1 heterocycles. The summed E-state index contributed by atoms with van der Waals surface area (Å²) >= 11 is 3.69. The van der Waals surface area contributed by atoms with Gasteiger partial charge in [0.15, 0.2) is 0 Å². The van der Waals surface area contributed by atoms with Gasteiger partial charge in [-0.1, -0.05) is 41.6 Å².